The lowest BCUT2D eigenvalue weighted by atomic mass is 9.92. The molecule has 2 aromatic rings. The summed E-state index contributed by atoms with van der Waals surface area (Å²) in [6.45, 7) is 6.41. The number of benzene rings is 1. The van der Waals surface area contributed by atoms with Gasteiger partial charge in [-0.3, -0.25) is 5.10 Å². The van der Waals surface area contributed by atoms with Crippen LogP contribution in [0.2, 0.25) is 10.0 Å². The molecule has 1 N–H and O–H groups in total. The number of halogens is 2. The van der Waals surface area contributed by atoms with Crippen molar-refractivity contribution in [2.45, 2.75) is 26.2 Å². The zero-order chi connectivity index (χ0) is 12.6. The summed E-state index contributed by atoms with van der Waals surface area (Å²) >= 11 is 11.9. The molecule has 0 aliphatic carbocycles. The van der Waals surface area contributed by atoms with Gasteiger partial charge in [-0.05, 0) is 18.2 Å². The van der Waals surface area contributed by atoms with Gasteiger partial charge in [-0.1, -0.05) is 50.0 Å². The Morgan fingerprint density at radius 1 is 1.06 bits per heavy atom. The summed E-state index contributed by atoms with van der Waals surface area (Å²) in [4.78, 5) is 0. The number of aromatic amines is 1. The maximum absolute atomic E-state index is 5.99. The summed E-state index contributed by atoms with van der Waals surface area (Å²) in [7, 11) is 0. The van der Waals surface area contributed by atoms with Gasteiger partial charge in [-0.2, -0.15) is 5.10 Å². The number of hydrogen-bond donors (Lipinski definition) is 1. The average molecular weight is 269 g/mol. The lowest BCUT2D eigenvalue weighted by Gasteiger charge is -2.14. The van der Waals surface area contributed by atoms with Crippen LogP contribution < -0.4 is 0 Å². The summed E-state index contributed by atoms with van der Waals surface area (Å²) in [5.41, 5.74) is 3.00. The quantitative estimate of drug-likeness (QED) is 0.799. The summed E-state index contributed by atoms with van der Waals surface area (Å²) in [6.07, 6.45) is 0. The fraction of sp³-hybridized carbons (Fsp3) is 0.308. The highest BCUT2D eigenvalue weighted by molar-refractivity contribution is 6.42. The van der Waals surface area contributed by atoms with Crippen LogP contribution in [0.25, 0.3) is 11.3 Å². The molecule has 0 saturated carbocycles. The fourth-order valence-electron chi connectivity index (χ4n) is 1.51. The molecule has 0 unspecified atom stereocenters. The molecule has 1 aromatic heterocycles. The number of nitrogens with zero attached hydrogens (tertiary/aromatic N) is 1. The molecule has 0 saturated heterocycles. The minimum Gasteiger partial charge on any atom is -0.281 e. The van der Waals surface area contributed by atoms with Crippen molar-refractivity contribution >= 4 is 23.2 Å². The summed E-state index contributed by atoms with van der Waals surface area (Å²) in [6, 6.07) is 7.56. The minimum atomic E-state index is 0.0570. The van der Waals surface area contributed by atoms with Gasteiger partial charge in [0.2, 0.25) is 0 Å². The fourth-order valence-corrected chi connectivity index (χ4v) is 1.81. The first-order valence-electron chi connectivity index (χ1n) is 5.39. The topological polar surface area (TPSA) is 28.7 Å². The first-order valence-corrected chi connectivity index (χ1v) is 6.15. The van der Waals surface area contributed by atoms with E-state index in [2.05, 4.69) is 31.0 Å². The highest BCUT2D eigenvalue weighted by Crippen LogP contribution is 2.29. The molecule has 1 heterocycles. The molecule has 17 heavy (non-hydrogen) atoms. The number of H-pyrrole nitrogens is 1. The van der Waals surface area contributed by atoms with Gasteiger partial charge in [-0.25, -0.2) is 0 Å². The van der Waals surface area contributed by atoms with Crippen LogP contribution in [0.4, 0.5) is 0 Å². The smallest absolute Gasteiger partial charge is 0.0924 e. The molecule has 0 bridgehead atoms. The molecule has 0 amide bonds. The Hall–Kier alpha value is -0.990. The summed E-state index contributed by atoms with van der Waals surface area (Å²) < 4.78 is 0. The van der Waals surface area contributed by atoms with Crippen molar-refractivity contribution in [3.05, 3.63) is 40.0 Å². The normalized spacial score (nSPS) is 11.8. The molecule has 0 spiro atoms. The number of hydrogen-bond acceptors (Lipinski definition) is 1. The Labute approximate surface area is 111 Å². The molecule has 4 heteroatoms. The monoisotopic (exact) mass is 268 g/mol. The van der Waals surface area contributed by atoms with Crippen LogP contribution in [0.3, 0.4) is 0 Å². The molecule has 1 aromatic carbocycles. The molecule has 0 atom stereocenters. The van der Waals surface area contributed by atoms with Crippen LogP contribution in [0.15, 0.2) is 24.3 Å². The van der Waals surface area contributed by atoms with Crippen molar-refractivity contribution < 1.29 is 0 Å². The zero-order valence-corrected chi connectivity index (χ0v) is 11.5. The van der Waals surface area contributed by atoms with E-state index in [1.807, 2.05) is 18.2 Å². The SMILES string of the molecule is CC(C)(C)c1cc(-c2ccc(Cl)c(Cl)c2)n[nH]1. The van der Waals surface area contributed by atoms with Gasteiger partial charge in [0.05, 0.1) is 15.7 Å². The highest BCUT2D eigenvalue weighted by Gasteiger charge is 2.17. The van der Waals surface area contributed by atoms with Gasteiger partial charge in [0.15, 0.2) is 0 Å². The van der Waals surface area contributed by atoms with E-state index < -0.39 is 0 Å². The molecule has 0 aliphatic rings. The third kappa shape index (κ3) is 2.64. The standard InChI is InChI=1S/C13H14Cl2N2/c1-13(2,3)12-7-11(16-17-12)8-4-5-9(14)10(15)6-8/h4-7H,1-3H3,(H,16,17). The second kappa shape index (κ2) is 4.35. The third-order valence-corrected chi connectivity index (χ3v) is 3.34. The predicted molar refractivity (Wildman–Crippen MR) is 72.7 cm³/mol. The first kappa shape index (κ1) is 12.5. The second-order valence-corrected chi connectivity index (χ2v) is 5.86. The Balaban J connectivity index is 2.40. The van der Waals surface area contributed by atoms with Gasteiger partial charge >= 0.3 is 0 Å². The maximum Gasteiger partial charge on any atom is 0.0924 e. The molecular formula is C13H14Cl2N2. The van der Waals surface area contributed by atoms with E-state index in [-0.39, 0.29) is 5.41 Å². The van der Waals surface area contributed by atoms with Gasteiger partial charge in [0, 0.05) is 16.7 Å². The van der Waals surface area contributed by atoms with Crippen LogP contribution >= 0.6 is 23.2 Å². The maximum atomic E-state index is 5.99. The number of nitrogens with one attached hydrogen (secondary N) is 1. The molecule has 2 rings (SSSR count). The van der Waals surface area contributed by atoms with Crippen molar-refractivity contribution in [2.75, 3.05) is 0 Å². The Morgan fingerprint density at radius 3 is 2.29 bits per heavy atom. The van der Waals surface area contributed by atoms with Crippen molar-refractivity contribution in [3.63, 3.8) is 0 Å². The molecule has 2 nitrogen and oxygen atoms in total. The Bertz CT molecular complexity index is 539. The van der Waals surface area contributed by atoms with E-state index in [0.29, 0.717) is 10.0 Å². The summed E-state index contributed by atoms with van der Waals surface area (Å²) in [5, 5.41) is 8.45. The van der Waals surface area contributed by atoms with E-state index in [1.165, 1.54) is 0 Å². The average Bonchev–Trinajstić information content (AvgIpc) is 2.70. The van der Waals surface area contributed by atoms with Crippen molar-refractivity contribution in [1.82, 2.24) is 10.2 Å². The lowest BCUT2D eigenvalue weighted by molar-refractivity contribution is 0.567. The molecule has 90 valence electrons. The van der Waals surface area contributed by atoms with Crippen molar-refractivity contribution in [2.24, 2.45) is 0 Å². The van der Waals surface area contributed by atoms with E-state index in [1.54, 1.807) is 6.07 Å². The van der Waals surface area contributed by atoms with Gasteiger partial charge < -0.3 is 0 Å². The first-order chi connectivity index (χ1) is 7.88. The Kier molecular flexibility index (Phi) is 3.19. The zero-order valence-electron chi connectivity index (χ0n) is 10.0. The van der Waals surface area contributed by atoms with Crippen LogP contribution in [0.5, 0.6) is 0 Å². The third-order valence-electron chi connectivity index (χ3n) is 2.60. The largest absolute Gasteiger partial charge is 0.281 e. The Morgan fingerprint density at radius 2 is 1.76 bits per heavy atom. The van der Waals surface area contributed by atoms with Crippen molar-refractivity contribution in [1.29, 1.82) is 0 Å². The second-order valence-electron chi connectivity index (χ2n) is 5.05. The van der Waals surface area contributed by atoms with Crippen molar-refractivity contribution in [3.8, 4) is 11.3 Å². The minimum absolute atomic E-state index is 0.0570. The highest BCUT2D eigenvalue weighted by atomic mass is 35.5. The summed E-state index contributed by atoms with van der Waals surface area (Å²) in [5.74, 6) is 0. The van der Waals surface area contributed by atoms with Crippen LogP contribution in [-0.2, 0) is 5.41 Å². The molecule has 0 aliphatic heterocycles. The van der Waals surface area contributed by atoms with Gasteiger partial charge in [0.25, 0.3) is 0 Å². The molecule has 0 radical (unpaired) electrons. The van der Waals surface area contributed by atoms with E-state index in [0.717, 1.165) is 17.0 Å². The van der Waals surface area contributed by atoms with Gasteiger partial charge in [-0.15, -0.1) is 0 Å². The lowest BCUT2D eigenvalue weighted by Crippen LogP contribution is -2.11. The van der Waals surface area contributed by atoms with Crippen LogP contribution in [-0.4, -0.2) is 10.2 Å². The molecule has 0 fully saturated rings. The van der Waals surface area contributed by atoms with Crippen LogP contribution in [0.1, 0.15) is 26.5 Å². The van der Waals surface area contributed by atoms with E-state index >= 15 is 0 Å². The predicted octanol–water partition coefficient (Wildman–Crippen LogP) is 4.68. The molecular weight excluding hydrogens is 255 g/mol. The van der Waals surface area contributed by atoms with E-state index in [4.69, 9.17) is 23.2 Å². The van der Waals surface area contributed by atoms with Crippen LogP contribution in [0, 0.1) is 0 Å². The number of aromatic nitrogens is 2. The number of rotatable bonds is 1. The van der Waals surface area contributed by atoms with E-state index in [9.17, 15) is 0 Å². The van der Waals surface area contributed by atoms with Gasteiger partial charge in [0.1, 0.15) is 0 Å².